The molecule has 1 fully saturated rings. The van der Waals surface area contributed by atoms with E-state index >= 15 is 0 Å². The van der Waals surface area contributed by atoms with E-state index in [1.165, 1.54) is 6.07 Å². The number of ether oxygens (including phenoxy) is 4. The van der Waals surface area contributed by atoms with E-state index in [-0.39, 0.29) is 37.3 Å². The number of fused-ring (bicyclic) bond motifs is 1. The molecule has 0 radical (unpaired) electrons. The van der Waals surface area contributed by atoms with Crippen LogP contribution in [-0.2, 0) is 11.3 Å². The number of aromatic amines is 1. The van der Waals surface area contributed by atoms with Crippen molar-refractivity contribution in [1.82, 2.24) is 20.2 Å². The third-order valence-corrected chi connectivity index (χ3v) is 6.83. The maximum atomic E-state index is 14.8. The van der Waals surface area contributed by atoms with Gasteiger partial charge in [-0.1, -0.05) is 6.07 Å². The molecule has 2 amide bonds. The molecule has 11 heteroatoms. The molecule has 0 bridgehead atoms. The molecule has 0 unspecified atom stereocenters. The highest BCUT2D eigenvalue weighted by molar-refractivity contribution is 5.94. The maximum Gasteiger partial charge on any atom is 0.410 e. The minimum Gasteiger partial charge on any atom is -0.493 e. The lowest BCUT2D eigenvalue weighted by atomic mass is 9.80. The van der Waals surface area contributed by atoms with Crippen LogP contribution in [0.4, 0.5) is 9.18 Å². The zero-order valence-corrected chi connectivity index (χ0v) is 22.7. The molecule has 1 saturated heterocycles. The van der Waals surface area contributed by atoms with Gasteiger partial charge in [0, 0.05) is 37.5 Å². The predicted octanol–water partition coefficient (Wildman–Crippen LogP) is 4.63. The van der Waals surface area contributed by atoms with Crippen LogP contribution in [-0.4, -0.2) is 59.0 Å². The van der Waals surface area contributed by atoms with Crippen LogP contribution < -0.4 is 19.5 Å². The van der Waals surface area contributed by atoms with Crippen LogP contribution in [0.15, 0.2) is 48.8 Å². The number of H-pyrrole nitrogens is 1. The molecule has 0 saturated carbocycles. The van der Waals surface area contributed by atoms with Gasteiger partial charge in [-0.25, -0.2) is 14.2 Å². The van der Waals surface area contributed by atoms with Crippen molar-refractivity contribution in [1.29, 1.82) is 0 Å². The summed E-state index contributed by atoms with van der Waals surface area (Å²) in [5.74, 6) is 1.05. The summed E-state index contributed by atoms with van der Waals surface area (Å²) in [6.07, 6.45) is 3.43. The second-order valence-electron chi connectivity index (χ2n) is 10.9. The molecule has 3 heterocycles. The Labute approximate surface area is 231 Å². The molecule has 2 atom stereocenters. The molecule has 212 valence electrons. The molecule has 40 heavy (non-hydrogen) atoms. The fraction of sp³-hybridized carbons (Fsp3) is 0.414. The van der Waals surface area contributed by atoms with Gasteiger partial charge in [0.25, 0.3) is 5.91 Å². The summed E-state index contributed by atoms with van der Waals surface area (Å²) in [6.45, 7) is 6.91. The van der Waals surface area contributed by atoms with Gasteiger partial charge in [-0.3, -0.25) is 4.79 Å². The van der Waals surface area contributed by atoms with Crippen molar-refractivity contribution in [2.45, 2.75) is 45.3 Å². The second kappa shape index (κ2) is 11.4. The fourth-order valence-corrected chi connectivity index (χ4v) is 4.90. The highest BCUT2D eigenvalue weighted by Crippen LogP contribution is 2.38. The van der Waals surface area contributed by atoms with Crippen LogP contribution in [0.25, 0.3) is 0 Å². The number of hydrogen-bond acceptors (Lipinski definition) is 7. The molecule has 2 aliphatic heterocycles. The molecular weight excluding hydrogens is 519 g/mol. The molecule has 0 aliphatic carbocycles. The van der Waals surface area contributed by atoms with Crippen molar-refractivity contribution in [3.8, 4) is 17.2 Å². The number of piperidine rings is 1. The molecule has 5 rings (SSSR count). The van der Waals surface area contributed by atoms with Crippen molar-refractivity contribution in [3.05, 3.63) is 71.6 Å². The van der Waals surface area contributed by atoms with Crippen molar-refractivity contribution < 1.29 is 32.9 Å². The van der Waals surface area contributed by atoms with Gasteiger partial charge in [0.15, 0.2) is 11.5 Å². The summed E-state index contributed by atoms with van der Waals surface area (Å²) in [5, 5.41) is 2.71. The Morgan fingerprint density at radius 3 is 2.77 bits per heavy atom. The summed E-state index contributed by atoms with van der Waals surface area (Å²) < 4.78 is 37.4. The van der Waals surface area contributed by atoms with Crippen molar-refractivity contribution in [2.75, 3.05) is 26.5 Å². The molecule has 0 spiro atoms. The number of carbonyl (C=O) groups excluding carboxylic acids is 2. The zero-order chi connectivity index (χ0) is 28.3. The normalized spacial score (nSPS) is 18.4. The van der Waals surface area contributed by atoms with Crippen LogP contribution >= 0.6 is 0 Å². The third kappa shape index (κ3) is 6.47. The topological polar surface area (TPSA) is 115 Å². The first-order valence-electron chi connectivity index (χ1n) is 13.2. The van der Waals surface area contributed by atoms with Gasteiger partial charge in [0.05, 0.1) is 18.7 Å². The Balaban J connectivity index is 1.34. The number of aromatic nitrogens is 2. The molecule has 3 aromatic rings. The minimum absolute atomic E-state index is 0.0472. The Hall–Kier alpha value is -4.28. The first kappa shape index (κ1) is 27.3. The van der Waals surface area contributed by atoms with E-state index in [0.717, 1.165) is 5.56 Å². The van der Waals surface area contributed by atoms with E-state index < -0.39 is 23.4 Å². The van der Waals surface area contributed by atoms with Crippen molar-refractivity contribution in [3.63, 3.8) is 0 Å². The summed E-state index contributed by atoms with van der Waals surface area (Å²) in [5.41, 5.74) is 0.128. The Morgan fingerprint density at radius 1 is 1.18 bits per heavy atom. The van der Waals surface area contributed by atoms with E-state index in [9.17, 15) is 14.0 Å². The number of likely N-dealkylation sites (tertiary alicyclic amines) is 1. The Bertz CT molecular complexity index is 1360. The van der Waals surface area contributed by atoms with Gasteiger partial charge in [-0.15, -0.1) is 0 Å². The number of nitrogens with zero attached hydrogens (tertiary/aromatic N) is 2. The van der Waals surface area contributed by atoms with Crippen LogP contribution in [0.2, 0.25) is 0 Å². The third-order valence-electron chi connectivity index (χ3n) is 6.83. The molecule has 2 aromatic carbocycles. The van der Waals surface area contributed by atoms with Crippen molar-refractivity contribution in [2.24, 2.45) is 5.92 Å². The quantitative estimate of drug-likeness (QED) is 0.439. The highest BCUT2D eigenvalue weighted by atomic mass is 19.1. The monoisotopic (exact) mass is 552 g/mol. The smallest absolute Gasteiger partial charge is 0.410 e. The largest absolute Gasteiger partial charge is 0.493 e. The van der Waals surface area contributed by atoms with Gasteiger partial charge in [-0.2, -0.15) is 0 Å². The first-order valence-corrected chi connectivity index (χ1v) is 13.2. The maximum absolute atomic E-state index is 14.8. The Morgan fingerprint density at radius 2 is 2.00 bits per heavy atom. The average Bonchev–Trinajstić information content (AvgIpc) is 3.62. The van der Waals surface area contributed by atoms with Gasteiger partial charge in [0.1, 0.15) is 23.0 Å². The van der Waals surface area contributed by atoms with E-state index in [4.69, 9.17) is 18.9 Å². The number of nitrogens with one attached hydrogen (secondary N) is 2. The SMILES string of the molecule is CC(C)(C)OC(=O)N1CC[C@@H](c2ccc(F)c(C(=O)NCc3ncc[nH]3)c2)[C@H](COc2ccc3c(c2)OCO3)C1. The molecule has 10 nitrogen and oxygen atoms in total. The van der Waals surface area contributed by atoms with E-state index in [1.807, 2.05) is 20.8 Å². The average molecular weight is 553 g/mol. The van der Waals surface area contributed by atoms with E-state index in [0.29, 0.717) is 42.6 Å². The van der Waals surface area contributed by atoms with Crippen LogP contribution in [0.1, 0.15) is 54.9 Å². The second-order valence-corrected chi connectivity index (χ2v) is 10.9. The molecule has 2 N–H and O–H groups in total. The standard InChI is InChI=1S/C29H33FN4O6/c1-29(2,3)40-28(36)34-11-8-21(19(15-34)16-37-20-5-7-24-25(13-20)39-17-38-24)18-4-6-23(30)22(12-18)27(35)33-14-26-31-9-10-32-26/h4-7,9-10,12-13,19,21H,8,11,14-17H2,1-3H3,(H,31,32)(H,33,35)/t19-,21-/m0/s1. The molecular formula is C29H33FN4O6. The van der Waals surface area contributed by atoms with Gasteiger partial charge in [-0.05, 0) is 62.9 Å². The fourth-order valence-electron chi connectivity index (χ4n) is 4.90. The van der Waals surface area contributed by atoms with Crippen LogP contribution in [0, 0.1) is 11.7 Å². The van der Waals surface area contributed by atoms with Crippen LogP contribution in [0.3, 0.4) is 0 Å². The lowest BCUT2D eigenvalue weighted by Gasteiger charge is -2.39. The summed E-state index contributed by atoms with van der Waals surface area (Å²) >= 11 is 0. The number of rotatable bonds is 7. The minimum atomic E-state index is -0.624. The zero-order valence-electron chi connectivity index (χ0n) is 22.7. The van der Waals surface area contributed by atoms with E-state index in [1.54, 1.807) is 47.6 Å². The predicted molar refractivity (Wildman–Crippen MR) is 143 cm³/mol. The van der Waals surface area contributed by atoms with Crippen molar-refractivity contribution >= 4 is 12.0 Å². The van der Waals surface area contributed by atoms with E-state index in [2.05, 4.69) is 15.3 Å². The molecule has 2 aliphatic rings. The lowest BCUT2D eigenvalue weighted by Crippen LogP contribution is -2.46. The number of imidazole rings is 1. The summed E-state index contributed by atoms with van der Waals surface area (Å²) in [7, 11) is 0. The number of amides is 2. The van der Waals surface area contributed by atoms with Crippen LogP contribution in [0.5, 0.6) is 17.2 Å². The Kier molecular flexibility index (Phi) is 7.81. The number of benzene rings is 2. The van der Waals surface area contributed by atoms with Gasteiger partial charge in [0.2, 0.25) is 6.79 Å². The highest BCUT2D eigenvalue weighted by Gasteiger charge is 2.35. The number of halogens is 1. The van der Waals surface area contributed by atoms with Gasteiger partial charge < -0.3 is 34.1 Å². The summed E-state index contributed by atoms with van der Waals surface area (Å²) in [4.78, 5) is 34.4. The number of carbonyl (C=O) groups is 2. The van der Waals surface area contributed by atoms with Gasteiger partial charge >= 0.3 is 6.09 Å². The number of hydrogen-bond donors (Lipinski definition) is 2. The molecule has 1 aromatic heterocycles. The lowest BCUT2D eigenvalue weighted by molar-refractivity contribution is 0.0111. The summed E-state index contributed by atoms with van der Waals surface area (Å²) in [6, 6.07) is 9.96. The first-order chi connectivity index (χ1) is 19.2.